The molecule has 9 heteroatoms. The van der Waals surface area contributed by atoms with Crippen LogP contribution in [0.2, 0.25) is 5.02 Å². The van der Waals surface area contributed by atoms with E-state index in [0.29, 0.717) is 36.1 Å². The highest BCUT2D eigenvalue weighted by atomic mass is 35.5. The summed E-state index contributed by atoms with van der Waals surface area (Å²) in [6.07, 6.45) is 0. The molecule has 2 heterocycles. The number of rotatable bonds is 6. The molecule has 6 nitrogen and oxygen atoms in total. The molecule has 0 bridgehead atoms. The first kappa shape index (κ1) is 23.0. The summed E-state index contributed by atoms with van der Waals surface area (Å²) in [4.78, 5) is 30.4. The molecule has 0 aliphatic carbocycles. The number of hydrogen-bond donors (Lipinski definition) is 1. The number of thioether (sulfide) groups is 1. The topological polar surface area (TPSA) is 61.9 Å². The van der Waals surface area contributed by atoms with Gasteiger partial charge in [-0.3, -0.25) is 14.5 Å². The van der Waals surface area contributed by atoms with Crippen LogP contribution >= 0.6 is 23.4 Å². The zero-order valence-corrected chi connectivity index (χ0v) is 19.1. The minimum absolute atomic E-state index is 0.198. The predicted molar refractivity (Wildman–Crippen MR) is 123 cm³/mol. The van der Waals surface area contributed by atoms with E-state index in [1.165, 1.54) is 23.9 Å². The first-order valence-electron chi connectivity index (χ1n) is 10.6. The molecule has 1 N–H and O–H groups in total. The number of carbonyl (C=O) groups excluding carboxylic acids is 2. The maximum absolute atomic E-state index is 13.5. The zero-order valence-electron chi connectivity index (χ0n) is 17.5. The number of nitrogens with zero attached hydrogens (tertiary/aromatic N) is 2. The average molecular weight is 478 g/mol. The maximum Gasteiger partial charge on any atom is 0.257 e. The Balaban J connectivity index is 1.52. The number of carbonyl (C=O) groups is 2. The van der Waals surface area contributed by atoms with Gasteiger partial charge in [0.25, 0.3) is 5.91 Å². The molecule has 0 spiro atoms. The van der Waals surface area contributed by atoms with Crippen LogP contribution in [0.3, 0.4) is 0 Å². The lowest BCUT2D eigenvalue weighted by Crippen LogP contribution is -2.49. The van der Waals surface area contributed by atoms with Crippen LogP contribution in [0.1, 0.15) is 21.3 Å². The minimum Gasteiger partial charge on any atom is -0.379 e. The van der Waals surface area contributed by atoms with Crippen molar-refractivity contribution in [3.05, 3.63) is 70.5 Å². The van der Waals surface area contributed by atoms with Crippen LogP contribution in [-0.4, -0.2) is 72.8 Å². The molecule has 0 aromatic heterocycles. The summed E-state index contributed by atoms with van der Waals surface area (Å²) >= 11 is 7.78. The van der Waals surface area contributed by atoms with Crippen molar-refractivity contribution < 1.29 is 18.7 Å². The Kier molecular flexibility index (Phi) is 7.67. The van der Waals surface area contributed by atoms with Gasteiger partial charge in [-0.25, -0.2) is 4.39 Å². The van der Waals surface area contributed by atoms with Crippen molar-refractivity contribution in [1.82, 2.24) is 15.1 Å². The van der Waals surface area contributed by atoms with E-state index in [9.17, 15) is 14.0 Å². The Morgan fingerprint density at radius 2 is 1.84 bits per heavy atom. The van der Waals surface area contributed by atoms with E-state index in [4.69, 9.17) is 16.3 Å². The number of ether oxygens (including phenoxy) is 1. The Hall–Kier alpha value is -2.13. The highest BCUT2D eigenvalue weighted by Crippen LogP contribution is 2.42. The number of benzene rings is 2. The third kappa shape index (κ3) is 5.26. The summed E-state index contributed by atoms with van der Waals surface area (Å²) in [5, 5.41) is 2.91. The van der Waals surface area contributed by atoms with Crippen molar-refractivity contribution in [3.63, 3.8) is 0 Å². The third-order valence-electron chi connectivity index (χ3n) is 5.63. The van der Waals surface area contributed by atoms with E-state index in [1.807, 2.05) is 0 Å². The van der Waals surface area contributed by atoms with E-state index >= 15 is 0 Å². The van der Waals surface area contributed by atoms with Crippen molar-refractivity contribution >= 4 is 35.2 Å². The van der Waals surface area contributed by atoms with Crippen molar-refractivity contribution in [1.29, 1.82) is 0 Å². The molecule has 2 aromatic carbocycles. The predicted octanol–water partition coefficient (Wildman–Crippen LogP) is 3.18. The molecule has 4 rings (SSSR count). The van der Waals surface area contributed by atoms with E-state index in [2.05, 4.69) is 10.2 Å². The van der Waals surface area contributed by atoms with Crippen molar-refractivity contribution in [2.75, 3.05) is 45.1 Å². The summed E-state index contributed by atoms with van der Waals surface area (Å²) in [5.74, 6) is -0.418. The molecule has 2 aliphatic heterocycles. The normalized spacial score (nSPS) is 21.5. The fraction of sp³-hybridized carbons (Fsp3) is 0.391. The lowest BCUT2D eigenvalue weighted by molar-refractivity contribution is -0.124. The Labute approximate surface area is 196 Å². The van der Waals surface area contributed by atoms with Gasteiger partial charge in [0, 0.05) is 31.9 Å². The van der Waals surface area contributed by atoms with Gasteiger partial charge in [0.1, 0.15) is 17.2 Å². The number of halogens is 2. The van der Waals surface area contributed by atoms with Crippen molar-refractivity contribution in [3.8, 4) is 0 Å². The molecule has 2 unspecified atom stereocenters. The highest BCUT2D eigenvalue weighted by Gasteiger charge is 2.43. The lowest BCUT2D eigenvalue weighted by Gasteiger charge is -2.30. The molecule has 0 radical (unpaired) electrons. The molecule has 170 valence electrons. The van der Waals surface area contributed by atoms with Gasteiger partial charge in [-0.05, 0) is 29.8 Å². The summed E-state index contributed by atoms with van der Waals surface area (Å²) in [6, 6.07) is 12.2. The van der Waals surface area contributed by atoms with Crippen molar-refractivity contribution in [2.45, 2.75) is 11.4 Å². The SMILES string of the molecule is O=C(NCCN1CCOCC1)C1CSC(c2ccc(F)cc2)N1C(=O)c1ccccc1Cl. The van der Waals surface area contributed by atoms with Gasteiger partial charge >= 0.3 is 0 Å². The Morgan fingerprint density at radius 3 is 2.56 bits per heavy atom. The van der Waals surface area contributed by atoms with Crippen LogP contribution in [-0.2, 0) is 9.53 Å². The molecule has 2 aliphatic rings. The van der Waals surface area contributed by atoms with Gasteiger partial charge in [-0.2, -0.15) is 0 Å². The Morgan fingerprint density at radius 1 is 1.12 bits per heavy atom. The van der Waals surface area contributed by atoms with E-state index < -0.39 is 11.4 Å². The van der Waals surface area contributed by atoms with Crippen LogP contribution in [0.25, 0.3) is 0 Å². The first-order valence-corrected chi connectivity index (χ1v) is 12.0. The molecule has 2 amide bonds. The highest BCUT2D eigenvalue weighted by molar-refractivity contribution is 7.99. The van der Waals surface area contributed by atoms with Crippen molar-refractivity contribution in [2.24, 2.45) is 0 Å². The molecular formula is C23H25ClFN3O3S. The molecule has 32 heavy (non-hydrogen) atoms. The number of amides is 2. The van der Waals surface area contributed by atoms with E-state index in [-0.39, 0.29) is 17.6 Å². The van der Waals surface area contributed by atoms with Crippen LogP contribution in [0.5, 0.6) is 0 Å². The number of morpholine rings is 1. The fourth-order valence-corrected chi connectivity index (χ4v) is 5.54. The summed E-state index contributed by atoms with van der Waals surface area (Å²) in [6.45, 7) is 4.32. The fourth-order valence-electron chi connectivity index (χ4n) is 3.89. The maximum atomic E-state index is 13.5. The van der Waals surface area contributed by atoms with E-state index in [1.54, 1.807) is 41.3 Å². The zero-order chi connectivity index (χ0) is 22.5. The smallest absolute Gasteiger partial charge is 0.257 e. The number of hydrogen-bond acceptors (Lipinski definition) is 5. The minimum atomic E-state index is -0.650. The quantitative estimate of drug-likeness (QED) is 0.692. The second kappa shape index (κ2) is 10.7. The van der Waals surface area contributed by atoms with E-state index in [0.717, 1.165) is 25.2 Å². The second-order valence-corrected chi connectivity index (χ2v) is 9.21. The first-order chi connectivity index (χ1) is 15.5. The molecular weight excluding hydrogens is 453 g/mol. The van der Waals surface area contributed by atoms with Gasteiger partial charge in [-0.15, -0.1) is 11.8 Å². The van der Waals surface area contributed by atoms with Gasteiger partial charge < -0.3 is 15.0 Å². The van der Waals surface area contributed by atoms with Gasteiger partial charge in [0.05, 0.1) is 23.8 Å². The second-order valence-electron chi connectivity index (χ2n) is 7.69. The molecule has 2 fully saturated rings. The third-order valence-corrected chi connectivity index (χ3v) is 7.28. The Bertz CT molecular complexity index is 956. The standard InChI is InChI=1S/C23H25ClFN3O3S/c24-19-4-2-1-3-18(19)22(30)28-20(15-32-23(28)16-5-7-17(25)8-6-16)21(29)26-9-10-27-11-13-31-14-12-27/h1-8,20,23H,9-15H2,(H,26,29). The molecule has 0 saturated carbocycles. The summed E-state index contributed by atoms with van der Waals surface area (Å²) in [5.41, 5.74) is 1.11. The molecule has 2 atom stereocenters. The van der Waals surface area contributed by atoms with Gasteiger partial charge in [0.15, 0.2) is 0 Å². The van der Waals surface area contributed by atoms with Gasteiger partial charge in [0.2, 0.25) is 5.91 Å². The summed E-state index contributed by atoms with van der Waals surface area (Å²) < 4.78 is 18.8. The monoisotopic (exact) mass is 477 g/mol. The van der Waals surface area contributed by atoms with Crippen LogP contribution < -0.4 is 5.32 Å². The van der Waals surface area contributed by atoms with Crippen LogP contribution in [0.4, 0.5) is 4.39 Å². The largest absolute Gasteiger partial charge is 0.379 e. The average Bonchev–Trinajstić information content (AvgIpc) is 3.25. The molecule has 2 aromatic rings. The lowest BCUT2D eigenvalue weighted by atomic mass is 10.1. The van der Waals surface area contributed by atoms with Crippen LogP contribution in [0, 0.1) is 5.82 Å². The van der Waals surface area contributed by atoms with Crippen LogP contribution in [0.15, 0.2) is 48.5 Å². The number of nitrogens with one attached hydrogen (secondary N) is 1. The van der Waals surface area contributed by atoms with Gasteiger partial charge in [-0.1, -0.05) is 35.9 Å². The summed E-state index contributed by atoms with van der Waals surface area (Å²) in [7, 11) is 0. The molecule has 2 saturated heterocycles.